The standard InChI is InChI=1S/C16H30N2O/c1-3-6-13-7-9-14(10-8-13)18-15(19)16(4-2)11-5-12-17-16/h13-14,17H,3-12H2,1-2H3,(H,18,19). The first-order valence-electron chi connectivity index (χ1n) is 8.26. The Morgan fingerprint density at radius 2 is 2.00 bits per heavy atom. The predicted octanol–water partition coefficient (Wildman–Crippen LogP) is 2.99. The van der Waals surface area contributed by atoms with E-state index in [4.69, 9.17) is 0 Å². The zero-order valence-corrected chi connectivity index (χ0v) is 12.6. The molecule has 0 aromatic rings. The Bertz CT molecular complexity index is 289. The van der Waals surface area contributed by atoms with Crippen LogP contribution in [0.2, 0.25) is 0 Å². The number of carbonyl (C=O) groups is 1. The summed E-state index contributed by atoms with van der Waals surface area (Å²) in [4.78, 5) is 12.5. The molecule has 0 radical (unpaired) electrons. The van der Waals surface area contributed by atoms with Gasteiger partial charge in [0.05, 0.1) is 5.54 Å². The molecule has 2 fully saturated rings. The molecule has 0 bridgehead atoms. The molecule has 0 aromatic heterocycles. The van der Waals surface area contributed by atoms with Crippen LogP contribution < -0.4 is 10.6 Å². The van der Waals surface area contributed by atoms with Gasteiger partial charge in [-0.05, 0) is 57.4 Å². The van der Waals surface area contributed by atoms with E-state index in [0.717, 1.165) is 31.7 Å². The Morgan fingerprint density at radius 1 is 1.26 bits per heavy atom. The van der Waals surface area contributed by atoms with Gasteiger partial charge in [0, 0.05) is 6.04 Å². The summed E-state index contributed by atoms with van der Waals surface area (Å²) in [5.41, 5.74) is -0.264. The maximum atomic E-state index is 12.5. The molecule has 0 spiro atoms. The van der Waals surface area contributed by atoms with Gasteiger partial charge in [-0.25, -0.2) is 0 Å². The second-order valence-corrected chi connectivity index (χ2v) is 6.45. The van der Waals surface area contributed by atoms with Gasteiger partial charge < -0.3 is 10.6 Å². The van der Waals surface area contributed by atoms with Gasteiger partial charge in [0.25, 0.3) is 0 Å². The molecule has 1 saturated heterocycles. The van der Waals surface area contributed by atoms with E-state index >= 15 is 0 Å². The second-order valence-electron chi connectivity index (χ2n) is 6.45. The molecule has 1 amide bonds. The Labute approximate surface area is 117 Å². The van der Waals surface area contributed by atoms with E-state index in [1.807, 2.05) is 0 Å². The van der Waals surface area contributed by atoms with Crippen LogP contribution in [0.4, 0.5) is 0 Å². The minimum Gasteiger partial charge on any atom is -0.352 e. The molecule has 2 aliphatic rings. The third kappa shape index (κ3) is 3.50. The molecule has 1 unspecified atom stereocenters. The molecule has 3 nitrogen and oxygen atoms in total. The van der Waals surface area contributed by atoms with Crippen molar-refractivity contribution in [1.82, 2.24) is 10.6 Å². The normalized spacial score (nSPS) is 35.3. The Kier molecular flexibility index (Phi) is 5.26. The van der Waals surface area contributed by atoms with Gasteiger partial charge in [-0.2, -0.15) is 0 Å². The zero-order valence-electron chi connectivity index (χ0n) is 12.6. The van der Waals surface area contributed by atoms with Crippen LogP contribution in [0.15, 0.2) is 0 Å². The summed E-state index contributed by atoms with van der Waals surface area (Å²) in [5.74, 6) is 1.16. The summed E-state index contributed by atoms with van der Waals surface area (Å²) in [6.45, 7) is 5.38. The number of hydrogen-bond donors (Lipinski definition) is 2. The molecule has 19 heavy (non-hydrogen) atoms. The first-order valence-corrected chi connectivity index (χ1v) is 8.26. The molecule has 2 rings (SSSR count). The molecule has 3 heteroatoms. The van der Waals surface area contributed by atoms with Gasteiger partial charge in [-0.3, -0.25) is 4.79 Å². The smallest absolute Gasteiger partial charge is 0.240 e. The fourth-order valence-corrected chi connectivity index (χ4v) is 3.79. The van der Waals surface area contributed by atoms with E-state index in [1.165, 1.54) is 38.5 Å². The highest BCUT2D eigenvalue weighted by molar-refractivity contribution is 5.86. The zero-order chi connectivity index (χ0) is 13.7. The quantitative estimate of drug-likeness (QED) is 0.803. The van der Waals surface area contributed by atoms with Crippen LogP contribution in [-0.2, 0) is 4.79 Å². The van der Waals surface area contributed by atoms with Gasteiger partial charge >= 0.3 is 0 Å². The summed E-state index contributed by atoms with van der Waals surface area (Å²) >= 11 is 0. The monoisotopic (exact) mass is 266 g/mol. The topological polar surface area (TPSA) is 41.1 Å². The molecular formula is C16H30N2O. The molecule has 1 heterocycles. The van der Waals surface area contributed by atoms with Crippen LogP contribution in [-0.4, -0.2) is 24.0 Å². The highest BCUT2D eigenvalue weighted by Gasteiger charge is 2.40. The molecule has 1 aliphatic carbocycles. The van der Waals surface area contributed by atoms with Crippen molar-refractivity contribution in [2.45, 2.75) is 83.2 Å². The molecule has 2 N–H and O–H groups in total. The number of carbonyl (C=O) groups excluding carboxylic acids is 1. The molecule has 110 valence electrons. The molecule has 1 atom stereocenters. The van der Waals surface area contributed by atoms with Crippen LogP contribution in [0, 0.1) is 5.92 Å². The minimum absolute atomic E-state index is 0.256. The first kappa shape index (κ1) is 14.8. The lowest BCUT2D eigenvalue weighted by Crippen LogP contribution is -2.55. The van der Waals surface area contributed by atoms with Crippen molar-refractivity contribution < 1.29 is 4.79 Å². The van der Waals surface area contributed by atoms with Crippen molar-refractivity contribution in [1.29, 1.82) is 0 Å². The van der Waals surface area contributed by atoms with Gasteiger partial charge in [0.15, 0.2) is 0 Å². The molecule has 1 aliphatic heterocycles. The van der Waals surface area contributed by atoms with E-state index in [0.29, 0.717) is 6.04 Å². The number of rotatable bonds is 5. The van der Waals surface area contributed by atoms with Crippen molar-refractivity contribution in [2.75, 3.05) is 6.54 Å². The highest BCUT2D eigenvalue weighted by Crippen LogP contribution is 2.29. The van der Waals surface area contributed by atoms with E-state index in [-0.39, 0.29) is 11.4 Å². The van der Waals surface area contributed by atoms with Crippen LogP contribution in [0.25, 0.3) is 0 Å². The van der Waals surface area contributed by atoms with Crippen molar-refractivity contribution in [3.63, 3.8) is 0 Å². The minimum atomic E-state index is -0.264. The average Bonchev–Trinajstić information content (AvgIpc) is 2.91. The SMILES string of the molecule is CCCC1CCC(NC(=O)C2(CC)CCCN2)CC1. The predicted molar refractivity (Wildman–Crippen MR) is 79.1 cm³/mol. The fourth-order valence-electron chi connectivity index (χ4n) is 3.79. The number of nitrogens with one attached hydrogen (secondary N) is 2. The van der Waals surface area contributed by atoms with E-state index in [9.17, 15) is 4.79 Å². The van der Waals surface area contributed by atoms with Crippen LogP contribution >= 0.6 is 0 Å². The van der Waals surface area contributed by atoms with Crippen molar-refractivity contribution in [2.24, 2.45) is 5.92 Å². The number of amides is 1. The highest BCUT2D eigenvalue weighted by atomic mass is 16.2. The van der Waals surface area contributed by atoms with E-state index < -0.39 is 0 Å². The summed E-state index contributed by atoms with van der Waals surface area (Å²) in [6, 6.07) is 0.423. The molecular weight excluding hydrogens is 236 g/mol. The largest absolute Gasteiger partial charge is 0.352 e. The summed E-state index contributed by atoms with van der Waals surface area (Å²) in [6.07, 6.45) is 10.6. The lowest BCUT2D eigenvalue weighted by molar-refractivity contribution is -0.128. The van der Waals surface area contributed by atoms with E-state index in [2.05, 4.69) is 24.5 Å². The van der Waals surface area contributed by atoms with Crippen LogP contribution in [0.1, 0.15) is 71.6 Å². The summed E-state index contributed by atoms with van der Waals surface area (Å²) in [5, 5.41) is 6.74. The average molecular weight is 266 g/mol. The van der Waals surface area contributed by atoms with Crippen molar-refractivity contribution >= 4 is 5.91 Å². The maximum absolute atomic E-state index is 12.5. The third-order valence-electron chi connectivity index (χ3n) is 5.16. The van der Waals surface area contributed by atoms with Gasteiger partial charge in [-0.1, -0.05) is 26.7 Å². The first-order chi connectivity index (χ1) is 9.20. The lowest BCUT2D eigenvalue weighted by Gasteiger charge is -2.33. The summed E-state index contributed by atoms with van der Waals surface area (Å²) in [7, 11) is 0. The van der Waals surface area contributed by atoms with E-state index in [1.54, 1.807) is 0 Å². The summed E-state index contributed by atoms with van der Waals surface area (Å²) < 4.78 is 0. The molecule has 0 aromatic carbocycles. The Hall–Kier alpha value is -0.570. The van der Waals surface area contributed by atoms with Gasteiger partial charge in [0.2, 0.25) is 5.91 Å². The Balaban J connectivity index is 1.80. The number of hydrogen-bond acceptors (Lipinski definition) is 2. The van der Waals surface area contributed by atoms with Crippen molar-refractivity contribution in [3.8, 4) is 0 Å². The lowest BCUT2D eigenvalue weighted by atomic mass is 9.83. The van der Waals surface area contributed by atoms with Crippen molar-refractivity contribution in [3.05, 3.63) is 0 Å². The fraction of sp³-hybridized carbons (Fsp3) is 0.938. The third-order valence-corrected chi connectivity index (χ3v) is 5.16. The molecule has 1 saturated carbocycles. The van der Waals surface area contributed by atoms with Crippen LogP contribution in [0.3, 0.4) is 0 Å². The Morgan fingerprint density at radius 3 is 2.53 bits per heavy atom. The second kappa shape index (κ2) is 6.74. The van der Waals surface area contributed by atoms with Crippen LogP contribution in [0.5, 0.6) is 0 Å². The van der Waals surface area contributed by atoms with Gasteiger partial charge in [0.1, 0.15) is 0 Å². The van der Waals surface area contributed by atoms with Gasteiger partial charge in [-0.15, -0.1) is 0 Å². The maximum Gasteiger partial charge on any atom is 0.240 e.